The standard InChI is InChI=1S/C17H29N3O/c1-7-20(8-2)16(21)9-10-18-14(5)17-12(3)11-13(4)19-15(17)6/h11,14,18H,7-10H2,1-6H3. The van der Waals surface area contributed by atoms with Crippen molar-refractivity contribution in [3.05, 3.63) is 28.6 Å². The first-order chi connectivity index (χ1) is 9.90. The molecule has 4 nitrogen and oxygen atoms in total. The lowest BCUT2D eigenvalue weighted by molar-refractivity contribution is -0.130. The van der Waals surface area contributed by atoms with Crippen molar-refractivity contribution in [2.45, 2.75) is 54.0 Å². The van der Waals surface area contributed by atoms with Crippen LogP contribution in [0.3, 0.4) is 0 Å². The second kappa shape index (κ2) is 8.13. The van der Waals surface area contributed by atoms with Crippen molar-refractivity contribution in [1.82, 2.24) is 15.2 Å². The van der Waals surface area contributed by atoms with Crippen molar-refractivity contribution in [2.75, 3.05) is 19.6 Å². The summed E-state index contributed by atoms with van der Waals surface area (Å²) in [5, 5.41) is 3.45. The zero-order valence-corrected chi connectivity index (χ0v) is 14.3. The van der Waals surface area contributed by atoms with Gasteiger partial charge in [-0.1, -0.05) is 0 Å². The van der Waals surface area contributed by atoms with Crippen LogP contribution in [-0.4, -0.2) is 35.4 Å². The van der Waals surface area contributed by atoms with Gasteiger partial charge in [-0.25, -0.2) is 0 Å². The molecule has 0 fully saturated rings. The average Bonchev–Trinajstić information content (AvgIpc) is 2.38. The highest BCUT2D eigenvalue weighted by atomic mass is 16.2. The second-order valence-corrected chi connectivity index (χ2v) is 5.57. The maximum Gasteiger partial charge on any atom is 0.223 e. The van der Waals surface area contributed by atoms with Crippen LogP contribution in [0.15, 0.2) is 6.07 Å². The number of carbonyl (C=O) groups excluding carboxylic acids is 1. The number of carbonyl (C=O) groups is 1. The SMILES string of the molecule is CCN(CC)C(=O)CCNC(C)c1c(C)cc(C)nc1C. The summed E-state index contributed by atoms with van der Waals surface area (Å²) in [7, 11) is 0. The Morgan fingerprint density at radius 2 is 1.90 bits per heavy atom. The Bertz CT molecular complexity index is 458. The van der Waals surface area contributed by atoms with E-state index in [0.717, 1.165) is 24.5 Å². The molecule has 0 aliphatic rings. The summed E-state index contributed by atoms with van der Waals surface area (Å²) in [5.41, 5.74) is 4.63. The van der Waals surface area contributed by atoms with E-state index >= 15 is 0 Å². The lowest BCUT2D eigenvalue weighted by Gasteiger charge is -2.21. The van der Waals surface area contributed by atoms with Gasteiger partial charge in [-0.05, 0) is 58.7 Å². The number of hydrogen-bond acceptors (Lipinski definition) is 3. The number of pyridine rings is 1. The largest absolute Gasteiger partial charge is 0.343 e. The molecule has 4 heteroatoms. The Morgan fingerprint density at radius 1 is 1.29 bits per heavy atom. The summed E-state index contributed by atoms with van der Waals surface area (Å²) in [6, 6.07) is 2.32. The summed E-state index contributed by atoms with van der Waals surface area (Å²) in [6.45, 7) is 14.6. The number of nitrogens with zero attached hydrogens (tertiary/aromatic N) is 2. The van der Waals surface area contributed by atoms with Gasteiger partial charge in [-0.2, -0.15) is 0 Å². The maximum absolute atomic E-state index is 12.0. The molecule has 1 heterocycles. The monoisotopic (exact) mass is 291 g/mol. The van der Waals surface area contributed by atoms with Crippen molar-refractivity contribution < 1.29 is 4.79 Å². The molecular weight excluding hydrogens is 262 g/mol. The molecule has 0 saturated heterocycles. The van der Waals surface area contributed by atoms with E-state index in [9.17, 15) is 4.79 Å². The van der Waals surface area contributed by atoms with Gasteiger partial charge in [-0.3, -0.25) is 9.78 Å². The molecule has 1 amide bonds. The quantitative estimate of drug-likeness (QED) is 0.840. The zero-order valence-electron chi connectivity index (χ0n) is 14.3. The van der Waals surface area contributed by atoms with Gasteiger partial charge in [-0.15, -0.1) is 0 Å². The van der Waals surface area contributed by atoms with Gasteiger partial charge in [0.25, 0.3) is 0 Å². The van der Waals surface area contributed by atoms with Crippen LogP contribution in [0.25, 0.3) is 0 Å². The molecule has 118 valence electrons. The third-order valence-corrected chi connectivity index (χ3v) is 3.92. The first-order valence-corrected chi connectivity index (χ1v) is 7.86. The summed E-state index contributed by atoms with van der Waals surface area (Å²) < 4.78 is 0. The molecule has 0 spiro atoms. The number of aromatic nitrogens is 1. The average molecular weight is 291 g/mol. The molecule has 21 heavy (non-hydrogen) atoms. The Morgan fingerprint density at radius 3 is 2.43 bits per heavy atom. The number of amides is 1. The van der Waals surface area contributed by atoms with Gasteiger partial charge < -0.3 is 10.2 Å². The minimum absolute atomic E-state index is 0.211. The van der Waals surface area contributed by atoms with E-state index < -0.39 is 0 Å². The molecule has 0 aromatic carbocycles. The predicted octanol–water partition coefficient (Wildman–Crippen LogP) is 2.92. The topological polar surface area (TPSA) is 45.2 Å². The smallest absolute Gasteiger partial charge is 0.223 e. The number of rotatable bonds is 7. The molecule has 1 unspecified atom stereocenters. The lowest BCUT2D eigenvalue weighted by Crippen LogP contribution is -2.33. The van der Waals surface area contributed by atoms with E-state index in [0.29, 0.717) is 13.0 Å². The molecule has 0 aliphatic carbocycles. The minimum atomic E-state index is 0.211. The lowest BCUT2D eigenvalue weighted by atomic mass is 10.0. The van der Waals surface area contributed by atoms with Crippen LogP contribution in [0.1, 0.15) is 55.7 Å². The highest BCUT2D eigenvalue weighted by molar-refractivity contribution is 5.76. The van der Waals surface area contributed by atoms with E-state index in [1.807, 2.05) is 25.7 Å². The first-order valence-electron chi connectivity index (χ1n) is 7.86. The van der Waals surface area contributed by atoms with Gasteiger partial charge in [0.2, 0.25) is 5.91 Å². The van der Waals surface area contributed by atoms with E-state index in [1.54, 1.807) is 0 Å². The van der Waals surface area contributed by atoms with E-state index in [2.05, 4.69) is 37.1 Å². The zero-order chi connectivity index (χ0) is 16.0. The van der Waals surface area contributed by atoms with Crippen molar-refractivity contribution in [3.63, 3.8) is 0 Å². The van der Waals surface area contributed by atoms with Crippen molar-refractivity contribution in [2.24, 2.45) is 0 Å². The van der Waals surface area contributed by atoms with Crippen LogP contribution in [0.4, 0.5) is 0 Å². The summed E-state index contributed by atoms with van der Waals surface area (Å²) in [6.07, 6.45) is 0.545. The van der Waals surface area contributed by atoms with E-state index in [4.69, 9.17) is 0 Å². The van der Waals surface area contributed by atoms with Crippen molar-refractivity contribution >= 4 is 5.91 Å². The molecule has 0 saturated carbocycles. The molecule has 0 aliphatic heterocycles. The van der Waals surface area contributed by atoms with Gasteiger partial charge in [0.1, 0.15) is 0 Å². The van der Waals surface area contributed by atoms with E-state index in [1.165, 1.54) is 11.1 Å². The Hall–Kier alpha value is -1.42. The van der Waals surface area contributed by atoms with Crippen LogP contribution in [0.5, 0.6) is 0 Å². The van der Waals surface area contributed by atoms with Crippen LogP contribution in [0, 0.1) is 20.8 Å². The molecule has 0 radical (unpaired) electrons. The van der Waals surface area contributed by atoms with Gasteiger partial charge >= 0.3 is 0 Å². The molecule has 1 aromatic rings. The fourth-order valence-corrected chi connectivity index (χ4v) is 2.92. The molecule has 0 bridgehead atoms. The summed E-state index contributed by atoms with van der Waals surface area (Å²) in [4.78, 5) is 18.4. The Kier molecular flexibility index (Phi) is 6.82. The van der Waals surface area contributed by atoms with Crippen molar-refractivity contribution in [1.29, 1.82) is 0 Å². The van der Waals surface area contributed by atoms with Gasteiger partial charge in [0.05, 0.1) is 0 Å². The molecule has 1 atom stereocenters. The number of hydrogen-bond donors (Lipinski definition) is 1. The predicted molar refractivity (Wildman–Crippen MR) is 87.4 cm³/mol. The van der Waals surface area contributed by atoms with Crippen molar-refractivity contribution in [3.8, 4) is 0 Å². The van der Waals surface area contributed by atoms with E-state index in [-0.39, 0.29) is 11.9 Å². The summed E-state index contributed by atoms with van der Waals surface area (Å²) >= 11 is 0. The van der Waals surface area contributed by atoms with Crippen LogP contribution >= 0.6 is 0 Å². The van der Waals surface area contributed by atoms with Crippen LogP contribution in [0.2, 0.25) is 0 Å². The molecule has 1 aromatic heterocycles. The summed E-state index contributed by atoms with van der Waals surface area (Å²) in [5.74, 6) is 0.218. The third-order valence-electron chi connectivity index (χ3n) is 3.92. The molecule has 1 N–H and O–H groups in total. The van der Waals surface area contributed by atoms with Gasteiger partial charge in [0.15, 0.2) is 0 Å². The third kappa shape index (κ3) is 4.81. The fraction of sp³-hybridized carbons (Fsp3) is 0.647. The number of aryl methyl sites for hydroxylation is 3. The van der Waals surface area contributed by atoms with Crippen LogP contribution in [-0.2, 0) is 4.79 Å². The van der Waals surface area contributed by atoms with Crippen LogP contribution < -0.4 is 5.32 Å². The molecule has 1 rings (SSSR count). The highest BCUT2D eigenvalue weighted by Crippen LogP contribution is 2.21. The highest BCUT2D eigenvalue weighted by Gasteiger charge is 2.14. The Balaban J connectivity index is 2.59. The van der Waals surface area contributed by atoms with Gasteiger partial charge in [0, 0.05) is 43.5 Å². The normalized spacial score (nSPS) is 12.3. The second-order valence-electron chi connectivity index (χ2n) is 5.57. The first kappa shape index (κ1) is 17.6. The molecular formula is C17H29N3O. The fourth-order valence-electron chi connectivity index (χ4n) is 2.92. The maximum atomic E-state index is 12.0. The Labute approximate surface area is 129 Å². The number of nitrogens with one attached hydrogen (secondary N) is 1. The minimum Gasteiger partial charge on any atom is -0.343 e.